The molecule has 0 saturated carbocycles. The first kappa shape index (κ1) is 53.1. The fraction of sp³-hybridized carbons (Fsp3) is 0.318. The zero-order valence-electron chi connectivity index (χ0n) is 37.8. The molecule has 0 aliphatic carbocycles. The van der Waals surface area contributed by atoms with Crippen LogP contribution in [0.3, 0.4) is 0 Å². The molecule has 2 unspecified atom stereocenters. The monoisotopic (exact) mass is 930 g/mol. The predicted octanol–water partition coefficient (Wildman–Crippen LogP) is -0.602. The number of benzene rings is 2. The first-order valence-electron chi connectivity index (χ1n) is 20.7. The van der Waals surface area contributed by atoms with Gasteiger partial charge in [-0.2, -0.15) is 0 Å². The van der Waals surface area contributed by atoms with Crippen LogP contribution in [-0.4, -0.2) is 110 Å². The van der Waals surface area contributed by atoms with E-state index in [0.29, 0.717) is 23.5 Å². The molecule has 1 fully saturated rings. The number of likely N-dealkylation sites (N-methyl/N-ethyl adjacent to an activating group) is 1. The molecule has 68 heavy (non-hydrogen) atoms. The predicted molar refractivity (Wildman–Crippen MR) is 235 cm³/mol. The van der Waals surface area contributed by atoms with Gasteiger partial charge in [0, 0.05) is 31.9 Å². The number of hydrogen-bond donors (Lipinski definition) is 6. The third-order valence-corrected chi connectivity index (χ3v) is 9.98. The molecular weight excluding hydrogens is 882 g/mol. The van der Waals surface area contributed by atoms with E-state index in [4.69, 9.17) is 19.9 Å². The van der Waals surface area contributed by atoms with Gasteiger partial charge in [-0.1, -0.05) is 42.5 Å². The van der Waals surface area contributed by atoms with Gasteiger partial charge in [-0.25, -0.2) is 19.2 Å². The van der Waals surface area contributed by atoms with Crippen molar-refractivity contribution >= 4 is 66.2 Å². The quantitative estimate of drug-likeness (QED) is 0.0720. The minimum Gasteiger partial charge on any atom is -0.547 e. The van der Waals surface area contributed by atoms with Gasteiger partial charge in [0.25, 0.3) is 0 Å². The van der Waals surface area contributed by atoms with E-state index in [1.54, 1.807) is 39.8 Å². The van der Waals surface area contributed by atoms with Crippen molar-refractivity contribution in [3.63, 3.8) is 0 Å². The molecule has 4 aromatic rings. The zero-order valence-corrected chi connectivity index (χ0v) is 37.8. The number of nitrogens with one attached hydrogen (secondary N) is 3. The van der Waals surface area contributed by atoms with Crippen molar-refractivity contribution in [3.05, 3.63) is 113 Å². The fourth-order valence-electron chi connectivity index (χ4n) is 6.69. The van der Waals surface area contributed by atoms with E-state index >= 15 is 0 Å². The maximum absolute atomic E-state index is 13.5. The minimum atomic E-state index is -1.55. The molecule has 2 aromatic heterocycles. The average Bonchev–Trinajstić information content (AvgIpc) is 3.28. The van der Waals surface area contributed by atoms with Gasteiger partial charge in [0.2, 0.25) is 0 Å². The van der Waals surface area contributed by atoms with Gasteiger partial charge in [-0.3, -0.25) is 34.6 Å². The van der Waals surface area contributed by atoms with Crippen molar-refractivity contribution in [2.75, 3.05) is 30.7 Å². The number of alkyl carbamates (subject to hydrolysis) is 1. The first-order chi connectivity index (χ1) is 31.7. The van der Waals surface area contributed by atoms with E-state index in [2.05, 4.69) is 25.9 Å². The summed E-state index contributed by atoms with van der Waals surface area (Å²) >= 11 is 0. The number of fused-ring (bicyclic) bond motifs is 1. The molecule has 7 N–H and O–H groups in total. The standard InChI is InChI=1S/C24H26BN5O8.C20H23N3O6.Li/c1-2-29-8-9-30(22(33)21(29)32)24(36)28-19(17-7-6-15(26)12-27-17)18(31)11-14-10-13-4-3-5-16(23(34)35)20(13)38-25(14)37;1-20(2,3)29-19(27)23-16(17(24)25)15-10-9-14(11-21-15)22-18(26)28-12-13-7-5-4-6-8-13;/h3-7,12,14,19,37H,2,8-11,26H2,1H3,(H,28,36)(H,34,35);4-11,16H,12H2,1-3H3,(H,22,26)(H,23,27)(H,24,25);/q;;+1/p-1/t14-,19?;;/m1../s1. The molecule has 0 spiro atoms. The second-order valence-electron chi connectivity index (χ2n) is 16.0. The van der Waals surface area contributed by atoms with Crippen LogP contribution < -0.4 is 50.3 Å². The summed E-state index contributed by atoms with van der Waals surface area (Å²) in [6, 6.07) is 15.6. The van der Waals surface area contributed by atoms with Crippen molar-refractivity contribution in [2.45, 2.75) is 70.6 Å². The molecule has 352 valence electrons. The van der Waals surface area contributed by atoms with E-state index < -0.39 is 78.4 Å². The number of piperazine rings is 1. The number of carbonyl (C=O) groups excluding carboxylic acids is 7. The number of para-hydroxylation sites is 1. The van der Waals surface area contributed by atoms with Crippen molar-refractivity contribution in [1.29, 1.82) is 0 Å². The number of nitrogens with two attached hydrogens (primary N) is 1. The Kier molecular flexibility index (Phi) is 18.6. The third-order valence-electron chi connectivity index (χ3n) is 9.98. The molecule has 4 heterocycles. The van der Waals surface area contributed by atoms with Crippen LogP contribution in [0.25, 0.3) is 0 Å². The van der Waals surface area contributed by atoms with Gasteiger partial charge in [-0.15, -0.1) is 0 Å². The summed E-state index contributed by atoms with van der Waals surface area (Å²) < 4.78 is 15.6. The van der Waals surface area contributed by atoms with E-state index in [0.717, 1.165) is 10.5 Å². The van der Waals surface area contributed by atoms with Crippen molar-refractivity contribution in [3.8, 4) is 5.75 Å². The largest absolute Gasteiger partial charge is 1.00 e. The van der Waals surface area contributed by atoms with E-state index in [9.17, 15) is 53.6 Å². The number of aromatic carboxylic acids is 1. The molecule has 24 heteroatoms. The van der Waals surface area contributed by atoms with Crippen molar-refractivity contribution < 1.29 is 86.6 Å². The van der Waals surface area contributed by atoms with Gasteiger partial charge < -0.3 is 55.4 Å². The van der Waals surface area contributed by atoms with Crippen LogP contribution in [-0.2, 0) is 41.7 Å². The number of pyridine rings is 2. The number of imide groups is 1. The summed E-state index contributed by atoms with van der Waals surface area (Å²) in [7, 11) is -1.48. The number of carboxylic acids is 2. The normalized spacial score (nSPS) is 15.1. The topological polar surface area (TPSA) is 322 Å². The summed E-state index contributed by atoms with van der Waals surface area (Å²) in [6.45, 7) is 7.20. The Labute approximate surface area is 402 Å². The van der Waals surface area contributed by atoms with Crippen LogP contribution in [0.5, 0.6) is 5.75 Å². The number of rotatable bonds is 13. The second-order valence-corrected chi connectivity index (χ2v) is 16.0. The Balaban J connectivity index is 0.000000303. The number of aromatic nitrogens is 2. The molecule has 2 aliphatic heterocycles. The van der Waals surface area contributed by atoms with Crippen LogP contribution in [0.2, 0.25) is 5.82 Å². The summed E-state index contributed by atoms with van der Waals surface area (Å²) in [5.74, 6) is -5.86. The molecule has 2 aliphatic rings. The molecule has 6 amide bonds. The van der Waals surface area contributed by atoms with Gasteiger partial charge in [0.15, 0.2) is 5.78 Å². The molecule has 1 saturated heterocycles. The number of urea groups is 1. The molecule has 2 aromatic carbocycles. The molecular formula is C44H48BLiN8O14. The van der Waals surface area contributed by atoms with Crippen LogP contribution in [0.15, 0.2) is 85.2 Å². The fourth-order valence-corrected chi connectivity index (χ4v) is 6.69. The summed E-state index contributed by atoms with van der Waals surface area (Å²) in [4.78, 5) is 108. The third kappa shape index (κ3) is 14.5. The summed E-state index contributed by atoms with van der Waals surface area (Å²) in [5.41, 5.74) is 6.93. The maximum atomic E-state index is 13.5. The molecule has 22 nitrogen and oxygen atoms in total. The minimum absolute atomic E-state index is 0. The van der Waals surface area contributed by atoms with Crippen LogP contribution in [0, 0.1) is 0 Å². The number of Topliss-reactive ketones (excluding diaryl/α,β-unsaturated/α-hetero) is 1. The molecule has 0 radical (unpaired) electrons. The zero-order chi connectivity index (χ0) is 49.0. The van der Waals surface area contributed by atoms with E-state index in [-0.39, 0.29) is 74.1 Å². The number of ketones is 1. The number of carbonyl (C=O) groups is 8. The van der Waals surface area contributed by atoms with Gasteiger partial charge in [-0.05, 0) is 75.6 Å². The maximum Gasteiger partial charge on any atom is 1.00 e. The SMILES string of the molecule is CC(C)(C)OC(=O)NC(C(=O)[O-])c1ccc(NC(=O)OCc2ccccc2)cn1.CCN1CCN(C(=O)NC(C(=O)C[C@H]2Cc3cccc(C(=O)O)c3OB2O)c2ccc(N)cn2)C(=O)C1=O.[Li+]. The number of ether oxygens (including phenoxy) is 2. The summed E-state index contributed by atoms with van der Waals surface area (Å²) in [6.07, 6.45) is 0.813. The van der Waals surface area contributed by atoms with Crippen LogP contribution >= 0.6 is 0 Å². The molecule has 6 rings (SSSR count). The van der Waals surface area contributed by atoms with Gasteiger partial charge in [0.1, 0.15) is 30.0 Å². The number of amides is 6. The van der Waals surface area contributed by atoms with Gasteiger partial charge >= 0.3 is 62.0 Å². The Morgan fingerprint density at radius 3 is 2.18 bits per heavy atom. The molecule has 3 atom stereocenters. The number of anilines is 2. The van der Waals surface area contributed by atoms with Crippen LogP contribution in [0.4, 0.5) is 25.8 Å². The number of hydrogen-bond acceptors (Lipinski definition) is 16. The van der Waals surface area contributed by atoms with Gasteiger partial charge in [0.05, 0.1) is 46.7 Å². The number of nitrogens with zero attached hydrogens (tertiary/aromatic N) is 4. The van der Waals surface area contributed by atoms with Crippen LogP contribution in [0.1, 0.15) is 79.1 Å². The van der Waals surface area contributed by atoms with E-state index in [1.807, 2.05) is 30.3 Å². The Hall–Kier alpha value is -7.48. The Morgan fingerprint density at radius 2 is 1.57 bits per heavy atom. The summed E-state index contributed by atoms with van der Waals surface area (Å²) in [5, 5.41) is 38.5. The van der Waals surface area contributed by atoms with Crippen molar-refractivity contribution in [2.24, 2.45) is 0 Å². The van der Waals surface area contributed by atoms with E-state index in [1.165, 1.54) is 47.6 Å². The molecule has 0 bridgehead atoms. The Morgan fingerprint density at radius 1 is 0.897 bits per heavy atom. The second kappa shape index (κ2) is 23.8. The average molecular weight is 931 g/mol. The Bertz CT molecular complexity index is 2480. The number of nitrogen functional groups attached to an aromatic ring is 1. The van der Waals surface area contributed by atoms with Crippen molar-refractivity contribution in [1.82, 2.24) is 30.4 Å². The smallest absolute Gasteiger partial charge is 0.547 e. The number of aliphatic carboxylic acids is 1. The number of carboxylic acid groups (broad SMARTS) is 2. The first-order valence-corrected chi connectivity index (χ1v) is 20.7.